The first kappa shape index (κ1) is 16.4. The average molecular weight is 345 g/mol. The van der Waals surface area contributed by atoms with Gasteiger partial charge in [-0.15, -0.1) is 0 Å². The number of rotatable bonds is 4. The molecule has 6 nitrogen and oxygen atoms in total. The second-order valence-corrected chi connectivity index (χ2v) is 6.65. The van der Waals surface area contributed by atoms with Crippen molar-refractivity contribution < 1.29 is 14.0 Å². The van der Waals surface area contributed by atoms with Crippen molar-refractivity contribution in [3.05, 3.63) is 54.0 Å². The van der Waals surface area contributed by atoms with Gasteiger partial charge in [0.2, 0.25) is 0 Å². The molecule has 1 aromatic carbocycles. The molecular formula is C17H19N3O3S. The van der Waals surface area contributed by atoms with Crippen molar-refractivity contribution >= 4 is 29.4 Å². The average Bonchev–Trinajstić information content (AvgIpc) is 3.14. The monoisotopic (exact) mass is 345 g/mol. The van der Waals surface area contributed by atoms with Gasteiger partial charge < -0.3 is 20.0 Å². The minimum atomic E-state index is -0.324. The Hall–Kier alpha value is -2.41. The van der Waals surface area contributed by atoms with Crippen LogP contribution >= 0.6 is 11.8 Å². The van der Waals surface area contributed by atoms with E-state index in [2.05, 4.69) is 10.6 Å². The van der Waals surface area contributed by atoms with Crippen LogP contribution < -0.4 is 10.6 Å². The molecule has 0 radical (unpaired) electrons. The number of hydrogen-bond donors (Lipinski definition) is 2. The first-order valence-electron chi connectivity index (χ1n) is 7.75. The molecule has 1 aliphatic heterocycles. The van der Waals surface area contributed by atoms with Gasteiger partial charge in [0.05, 0.1) is 12.5 Å². The van der Waals surface area contributed by atoms with Crippen LogP contribution in [0.5, 0.6) is 0 Å². The second kappa shape index (κ2) is 7.92. The van der Waals surface area contributed by atoms with Gasteiger partial charge in [0.1, 0.15) is 0 Å². The molecule has 2 N–H and O–H groups in total. The van der Waals surface area contributed by atoms with Crippen LogP contribution in [0.4, 0.5) is 10.5 Å². The van der Waals surface area contributed by atoms with Crippen molar-refractivity contribution in [2.24, 2.45) is 0 Å². The third kappa shape index (κ3) is 4.32. The summed E-state index contributed by atoms with van der Waals surface area (Å²) < 4.78 is 4.95. The molecule has 2 heterocycles. The molecule has 1 saturated heterocycles. The van der Waals surface area contributed by atoms with E-state index in [0.29, 0.717) is 17.8 Å². The lowest BCUT2D eigenvalue weighted by atomic mass is 10.1. The molecule has 1 aromatic heterocycles. The lowest BCUT2D eigenvalue weighted by molar-refractivity contribution is 0.0772. The fourth-order valence-corrected chi connectivity index (χ4v) is 3.33. The summed E-state index contributed by atoms with van der Waals surface area (Å²) in [5.74, 6) is 1.96. The van der Waals surface area contributed by atoms with E-state index in [1.54, 1.807) is 42.9 Å². The van der Waals surface area contributed by atoms with E-state index in [1.165, 1.54) is 0 Å². The highest BCUT2D eigenvalue weighted by atomic mass is 32.2. The third-order valence-electron chi connectivity index (χ3n) is 3.70. The minimum absolute atomic E-state index is 0.0118. The van der Waals surface area contributed by atoms with Crippen molar-refractivity contribution in [3.8, 4) is 0 Å². The number of hydrogen-bond acceptors (Lipinski definition) is 4. The van der Waals surface area contributed by atoms with E-state index in [1.807, 2.05) is 16.7 Å². The van der Waals surface area contributed by atoms with Gasteiger partial charge >= 0.3 is 6.03 Å². The van der Waals surface area contributed by atoms with E-state index in [-0.39, 0.29) is 11.9 Å². The van der Waals surface area contributed by atoms with Gasteiger partial charge in [-0.1, -0.05) is 6.07 Å². The molecule has 24 heavy (non-hydrogen) atoms. The van der Waals surface area contributed by atoms with Gasteiger partial charge in [-0.2, -0.15) is 11.8 Å². The fourth-order valence-electron chi connectivity index (χ4n) is 2.43. The van der Waals surface area contributed by atoms with E-state index in [9.17, 15) is 9.59 Å². The van der Waals surface area contributed by atoms with Gasteiger partial charge in [0.25, 0.3) is 5.91 Å². The summed E-state index contributed by atoms with van der Waals surface area (Å²) in [6.45, 7) is 1.92. The number of benzene rings is 1. The maximum absolute atomic E-state index is 12.5. The Balaban J connectivity index is 1.58. The topological polar surface area (TPSA) is 74.6 Å². The summed E-state index contributed by atoms with van der Waals surface area (Å²) >= 11 is 1.86. The number of carbonyl (C=O) groups excluding carboxylic acids is 2. The molecule has 3 amide bonds. The highest BCUT2D eigenvalue weighted by Crippen LogP contribution is 2.16. The highest BCUT2D eigenvalue weighted by molar-refractivity contribution is 7.99. The minimum Gasteiger partial charge on any atom is -0.472 e. The third-order valence-corrected chi connectivity index (χ3v) is 4.64. The summed E-state index contributed by atoms with van der Waals surface area (Å²) in [5.41, 5.74) is 2.07. The maximum Gasteiger partial charge on any atom is 0.319 e. The van der Waals surface area contributed by atoms with Crippen LogP contribution in [0.1, 0.15) is 15.9 Å². The largest absolute Gasteiger partial charge is 0.472 e. The van der Waals surface area contributed by atoms with Crippen LogP contribution in [0, 0.1) is 0 Å². The number of carbonyl (C=O) groups is 2. The van der Waals surface area contributed by atoms with Gasteiger partial charge in [-0.05, 0) is 24.3 Å². The SMILES string of the molecule is O=C(NCc1ccoc1)Nc1cccc(C(=O)N2CCSCC2)c1. The normalized spacial score (nSPS) is 14.2. The summed E-state index contributed by atoms with van der Waals surface area (Å²) in [4.78, 5) is 26.3. The molecule has 3 rings (SSSR count). The lowest BCUT2D eigenvalue weighted by Gasteiger charge is -2.26. The molecular weight excluding hydrogens is 326 g/mol. The molecule has 2 aromatic rings. The summed E-state index contributed by atoms with van der Waals surface area (Å²) in [6, 6.07) is 8.49. The van der Waals surface area contributed by atoms with E-state index >= 15 is 0 Å². The van der Waals surface area contributed by atoms with E-state index < -0.39 is 0 Å². The van der Waals surface area contributed by atoms with Gasteiger partial charge in [0, 0.05) is 48.0 Å². The Morgan fingerprint density at radius 2 is 2.04 bits per heavy atom. The molecule has 0 atom stereocenters. The second-order valence-electron chi connectivity index (χ2n) is 5.42. The first-order chi connectivity index (χ1) is 11.7. The van der Waals surface area contributed by atoms with E-state index in [4.69, 9.17) is 4.42 Å². The number of furan rings is 1. The van der Waals surface area contributed by atoms with Crippen LogP contribution in [0.25, 0.3) is 0 Å². The number of amides is 3. The number of nitrogens with zero attached hydrogens (tertiary/aromatic N) is 1. The molecule has 126 valence electrons. The van der Waals surface area contributed by atoms with Gasteiger partial charge in [-0.3, -0.25) is 4.79 Å². The zero-order chi connectivity index (χ0) is 16.8. The van der Waals surface area contributed by atoms with Gasteiger partial charge in [0.15, 0.2) is 0 Å². The standard InChI is InChI=1S/C17H19N3O3S/c21-16(20-5-8-24-9-6-20)14-2-1-3-15(10-14)19-17(22)18-11-13-4-7-23-12-13/h1-4,7,10,12H,5-6,8-9,11H2,(H2,18,19,22). The molecule has 1 fully saturated rings. The van der Waals surface area contributed by atoms with Crippen molar-refractivity contribution in [2.75, 3.05) is 29.9 Å². The Morgan fingerprint density at radius 3 is 2.79 bits per heavy atom. The highest BCUT2D eigenvalue weighted by Gasteiger charge is 2.18. The molecule has 0 unspecified atom stereocenters. The Labute approximate surface area is 144 Å². The Kier molecular flexibility index (Phi) is 5.43. The van der Waals surface area contributed by atoms with Crippen LogP contribution in [0.2, 0.25) is 0 Å². The van der Waals surface area contributed by atoms with Gasteiger partial charge in [-0.25, -0.2) is 4.79 Å². The van der Waals surface area contributed by atoms with Crippen LogP contribution in [-0.4, -0.2) is 41.4 Å². The number of nitrogens with one attached hydrogen (secondary N) is 2. The number of thioether (sulfide) groups is 1. The summed E-state index contributed by atoms with van der Waals surface area (Å²) in [5, 5.41) is 5.48. The van der Waals surface area contributed by atoms with Crippen molar-refractivity contribution in [1.82, 2.24) is 10.2 Å². The van der Waals surface area contributed by atoms with Crippen LogP contribution in [-0.2, 0) is 6.54 Å². The van der Waals surface area contributed by atoms with Crippen molar-refractivity contribution in [2.45, 2.75) is 6.54 Å². The van der Waals surface area contributed by atoms with Crippen LogP contribution in [0.15, 0.2) is 47.3 Å². The molecule has 0 saturated carbocycles. The predicted molar refractivity (Wildman–Crippen MR) is 94.2 cm³/mol. The predicted octanol–water partition coefficient (Wildman–Crippen LogP) is 2.79. The first-order valence-corrected chi connectivity index (χ1v) is 8.91. The smallest absolute Gasteiger partial charge is 0.319 e. The Bertz CT molecular complexity index is 697. The lowest BCUT2D eigenvalue weighted by Crippen LogP contribution is -2.37. The maximum atomic E-state index is 12.5. The van der Waals surface area contributed by atoms with Crippen molar-refractivity contribution in [3.63, 3.8) is 0 Å². The van der Waals surface area contributed by atoms with Crippen LogP contribution in [0.3, 0.4) is 0 Å². The summed E-state index contributed by atoms with van der Waals surface area (Å²) in [7, 11) is 0. The fraction of sp³-hybridized carbons (Fsp3) is 0.294. The molecule has 0 spiro atoms. The molecule has 0 bridgehead atoms. The number of urea groups is 1. The zero-order valence-electron chi connectivity index (χ0n) is 13.2. The number of anilines is 1. The quantitative estimate of drug-likeness (QED) is 0.893. The molecule has 7 heteroatoms. The zero-order valence-corrected chi connectivity index (χ0v) is 14.0. The van der Waals surface area contributed by atoms with E-state index in [0.717, 1.165) is 30.2 Å². The molecule has 0 aliphatic carbocycles. The van der Waals surface area contributed by atoms with Crippen molar-refractivity contribution in [1.29, 1.82) is 0 Å². The summed E-state index contributed by atoms with van der Waals surface area (Å²) in [6.07, 6.45) is 3.14. The Morgan fingerprint density at radius 1 is 1.21 bits per heavy atom. The molecule has 1 aliphatic rings.